The second-order valence-corrected chi connectivity index (χ2v) is 6.56. The van der Waals surface area contributed by atoms with Crippen LogP contribution >= 0.6 is 11.3 Å². The largest absolute Gasteiger partial charge is 0.324 e. The maximum atomic E-state index is 12.4. The van der Waals surface area contributed by atoms with E-state index in [1.165, 1.54) is 29.1 Å². The Labute approximate surface area is 123 Å². The van der Waals surface area contributed by atoms with Gasteiger partial charge < -0.3 is 4.57 Å². The summed E-state index contributed by atoms with van der Waals surface area (Å²) in [5, 5.41) is 0. The van der Waals surface area contributed by atoms with Gasteiger partial charge in [-0.3, -0.25) is 4.79 Å². The fraction of sp³-hybridized carbons (Fsp3) is 0.500. The Morgan fingerprint density at radius 3 is 2.90 bits per heavy atom. The zero-order chi connectivity index (χ0) is 14.1. The van der Waals surface area contributed by atoms with Crippen LogP contribution in [0.1, 0.15) is 51.5 Å². The van der Waals surface area contributed by atoms with E-state index >= 15 is 0 Å². The van der Waals surface area contributed by atoms with Crippen molar-refractivity contribution in [1.29, 1.82) is 0 Å². The first-order valence-corrected chi connectivity index (χ1v) is 8.17. The number of carbonyl (C=O) groups is 1. The molecule has 0 aliphatic heterocycles. The lowest BCUT2D eigenvalue weighted by Crippen LogP contribution is -2.15. The summed E-state index contributed by atoms with van der Waals surface area (Å²) in [6.07, 6.45) is 5.56. The lowest BCUT2D eigenvalue weighted by Gasteiger charge is -2.14. The maximum Gasteiger partial charge on any atom is 0.192 e. The molecule has 3 nitrogen and oxygen atoms in total. The van der Waals surface area contributed by atoms with E-state index in [1.807, 2.05) is 13.0 Å². The smallest absolute Gasteiger partial charge is 0.192 e. The highest BCUT2D eigenvalue weighted by atomic mass is 32.1. The van der Waals surface area contributed by atoms with Crippen LogP contribution in [0, 0.1) is 6.92 Å². The van der Waals surface area contributed by atoms with E-state index in [-0.39, 0.29) is 5.78 Å². The third-order valence-electron chi connectivity index (χ3n) is 4.01. The number of hydrogen-bond donors (Lipinski definition) is 0. The molecule has 0 N–H and O–H groups in total. The Hall–Kier alpha value is -1.42. The van der Waals surface area contributed by atoms with Crippen LogP contribution in [0.3, 0.4) is 0 Å². The van der Waals surface area contributed by atoms with Crippen molar-refractivity contribution in [1.82, 2.24) is 9.55 Å². The van der Waals surface area contributed by atoms with Gasteiger partial charge in [0.15, 0.2) is 5.78 Å². The van der Waals surface area contributed by atoms with Gasteiger partial charge >= 0.3 is 0 Å². The molecule has 2 heterocycles. The minimum Gasteiger partial charge on any atom is -0.324 e. The number of Topliss-reactive ketones (excluding diaryl/α,β-unsaturated/α-hetero) is 1. The van der Waals surface area contributed by atoms with Gasteiger partial charge in [-0.05, 0) is 51.2 Å². The van der Waals surface area contributed by atoms with Crippen molar-refractivity contribution in [2.45, 2.75) is 52.5 Å². The third kappa shape index (κ3) is 2.44. The number of nitrogens with zero attached hydrogens (tertiary/aromatic N) is 2. The Morgan fingerprint density at radius 1 is 1.35 bits per heavy atom. The average molecular weight is 288 g/mol. The summed E-state index contributed by atoms with van der Waals surface area (Å²) >= 11 is 1.62. The number of fused-ring (bicyclic) bond motifs is 1. The normalized spacial score (nSPS) is 14.3. The quantitative estimate of drug-likeness (QED) is 0.806. The molecule has 0 aromatic carbocycles. The summed E-state index contributed by atoms with van der Waals surface area (Å²) in [7, 11) is 0. The molecule has 0 bridgehead atoms. The van der Waals surface area contributed by atoms with Gasteiger partial charge in [0.25, 0.3) is 0 Å². The molecule has 20 heavy (non-hydrogen) atoms. The van der Waals surface area contributed by atoms with Crippen molar-refractivity contribution in [3.05, 3.63) is 39.1 Å². The fourth-order valence-corrected chi connectivity index (χ4v) is 3.76. The highest BCUT2D eigenvalue weighted by Gasteiger charge is 2.20. The highest BCUT2D eigenvalue weighted by molar-refractivity contribution is 7.14. The molecule has 2 aromatic rings. The summed E-state index contributed by atoms with van der Waals surface area (Å²) in [4.78, 5) is 19.2. The monoisotopic (exact) mass is 288 g/mol. The van der Waals surface area contributed by atoms with Crippen LogP contribution in [-0.4, -0.2) is 15.3 Å². The van der Waals surface area contributed by atoms with E-state index in [9.17, 15) is 4.79 Å². The molecule has 0 spiro atoms. The van der Waals surface area contributed by atoms with E-state index < -0.39 is 0 Å². The van der Waals surface area contributed by atoms with Crippen LogP contribution in [-0.2, 0) is 25.8 Å². The Kier molecular flexibility index (Phi) is 3.74. The molecule has 0 saturated carbocycles. The van der Waals surface area contributed by atoms with Crippen LogP contribution < -0.4 is 0 Å². The van der Waals surface area contributed by atoms with Crippen LogP contribution in [0.5, 0.6) is 0 Å². The number of carbonyl (C=O) groups excluding carboxylic acids is 1. The second-order valence-electron chi connectivity index (χ2n) is 5.39. The van der Waals surface area contributed by atoms with E-state index in [0.29, 0.717) is 6.54 Å². The van der Waals surface area contributed by atoms with E-state index in [1.54, 1.807) is 11.3 Å². The number of aryl methyl sites for hydroxylation is 3. The lowest BCUT2D eigenvalue weighted by atomic mass is 10.0. The van der Waals surface area contributed by atoms with Crippen LogP contribution in [0.25, 0.3) is 0 Å². The molecule has 3 rings (SSSR count). The minimum absolute atomic E-state index is 0.212. The Bertz CT molecular complexity index is 639. The van der Waals surface area contributed by atoms with Gasteiger partial charge in [-0.15, -0.1) is 11.3 Å². The second kappa shape index (κ2) is 5.52. The van der Waals surface area contributed by atoms with Crippen molar-refractivity contribution in [2.24, 2.45) is 0 Å². The molecule has 106 valence electrons. The minimum atomic E-state index is 0.212. The standard InChI is InChI=1S/C16H20N2OS/c1-3-12-8-9-16(20-12)15(19)10-18-11(2)17-13-6-4-5-7-14(13)18/h8-9H,3-7,10H2,1-2H3. The summed E-state index contributed by atoms with van der Waals surface area (Å²) in [6, 6.07) is 4.03. The van der Waals surface area contributed by atoms with E-state index in [2.05, 4.69) is 22.5 Å². The van der Waals surface area contributed by atoms with Gasteiger partial charge in [-0.2, -0.15) is 0 Å². The van der Waals surface area contributed by atoms with Gasteiger partial charge in [-0.1, -0.05) is 6.92 Å². The number of imidazole rings is 1. The molecular weight excluding hydrogens is 268 g/mol. The first kappa shape index (κ1) is 13.6. The number of ketones is 1. The number of rotatable bonds is 4. The first-order chi connectivity index (χ1) is 9.69. The van der Waals surface area contributed by atoms with Crippen LogP contribution in [0.2, 0.25) is 0 Å². The SMILES string of the molecule is CCc1ccc(C(=O)Cn2c(C)nc3c2CCCC3)s1. The fourth-order valence-electron chi connectivity index (χ4n) is 2.88. The summed E-state index contributed by atoms with van der Waals surface area (Å²) in [5.74, 6) is 1.20. The van der Waals surface area contributed by atoms with Gasteiger partial charge in [0, 0.05) is 10.6 Å². The van der Waals surface area contributed by atoms with Crippen LogP contribution in [0.4, 0.5) is 0 Å². The van der Waals surface area contributed by atoms with Crippen LogP contribution in [0.15, 0.2) is 12.1 Å². The third-order valence-corrected chi connectivity index (χ3v) is 5.28. The predicted molar refractivity (Wildman–Crippen MR) is 81.6 cm³/mol. The van der Waals surface area contributed by atoms with Gasteiger partial charge in [0.05, 0.1) is 17.1 Å². The molecule has 0 saturated heterocycles. The molecule has 1 aliphatic rings. The summed E-state index contributed by atoms with van der Waals surface area (Å²) < 4.78 is 2.13. The molecular formula is C16H20N2OS. The van der Waals surface area contributed by atoms with Gasteiger partial charge in [0.2, 0.25) is 0 Å². The van der Waals surface area contributed by atoms with Crippen molar-refractivity contribution >= 4 is 17.1 Å². The molecule has 0 unspecified atom stereocenters. The Balaban J connectivity index is 1.84. The van der Waals surface area contributed by atoms with E-state index in [0.717, 1.165) is 30.0 Å². The highest BCUT2D eigenvalue weighted by Crippen LogP contribution is 2.23. The summed E-state index contributed by atoms with van der Waals surface area (Å²) in [5.41, 5.74) is 2.50. The Morgan fingerprint density at radius 2 is 2.15 bits per heavy atom. The van der Waals surface area contributed by atoms with E-state index in [4.69, 9.17) is 0 Å². The molecule has 2 aromatic heterocycles. The number of thiophene rings is 1. The molecule has 0 amide bonds. The molecule has 0 radical (unpaired) electrons. The zero-order valence-electron chi connectivity index (χ0n) is 12.1. The number of aromatic nitrogens is 2. The van der Waals surface area contributed by atoms with Crippen molar-refractivity contribution in [2.75, 3.05) is 0 Å². The predicted octanol–water partition coefficient (Wildman–Crippen LogP) is 3.58. The molecule has 4 heteroatoms. The van der Waals surface area contributed by atoms with Crippen molar-refractivity contribution in [3.8, 4) is 0 Å². The summed E-state index contributed by atoms with van der Waals surface area (Å²) in [6.45, 7) is 4.58. The molecule has 0 atom stereocenters. The van der Waals surface area contributed by atoms with Crippen molar-refractivity contribution < 1.29 is 4.79 Å². The molecule has 1 aliphatic carbocycles. The number of hydrogen-bond acceptors (Lipinski definition) is 3. The first-order valence-electron chi connectivity index (χ1n) is 7.36. The average Bonchev–Trinajstić information content (AvgIpc) is 3.04. The van der Waals surface area contributed by atoms with Gasteiger partial charge in [-0.25, -0.2) is 4.98 Å². The maximum absolute atomic E-state index is 12.4. The topological polar surface area (TPSA) is 34.9 Å². The van der Waals surface area contributed by atoms with Crippen molar-refractivity contribution in [3.63, 3.8) is 0 Å². The molecule has 0 fully saturated rings. The zero-order valence-corrected chi connectivity index (χ0v) is 12.9. The lowest BCUT2D eigenvalue weighted by molar-refractivity contribution is 0.0974. The van der Waals surface area contributed by atoms with Gasteiger partial charge in [0.1, 0.15) is 5.82 Å².